The van der Waals surface area contributed by atoms with Gasteiger partial charge in [0.25, 0.3) is 11.6 Å². The van der Waals surface area contributed by atoms with Gasteiger partial charge in [-0.25, -0.2) is 0 Å². The molecule has 5 nitrogen and oxygen atoms in total. The smallest absolute Gasteiger partial charge is 0.271 e. The number of halogens is 2. The number of amides is 1. The van der Waals surface area contributed by atoms with E-state index in [0.717, 1.165) is 12.1 Å². The van der Waals surface area contributed by atoms with E-state index in [1.54, 1.807) is 6.92 Å². The second-order valence-electron chi connectivity index (χ2n) is 3.16. The third kappa shape index (κ3) is 3.36. The summed E-state index contributed by atoms with van der Waals surface area (Å²) in [6.45, 7) is 1.76. The van der Waals surface area contributed by atoms with Crippen molar-refractivity contribution in [1.29, 1.82) is 0 Å². The molecular formula is C11H8Cl2N2O3. The first-order valence-corrected chi connectivity index (χ1v) is 5.54. The van der Waals surface area contributed by atoms with Crippen molar-refractivity contribution >= 4 is 34.8 Å². The maximum atomic E-state index is 11.7. The zero-order valence-electron chi connectivity index (χ0n) is 9.29. The molecule has 0 bridgehead atoms. The van der Waals surface area contributed by atoms with Gasteiger partial charge >= 0.3 is 0 Å². The van der Waals surface area contributed by atoms with E-state index in [4.69, 9.17) is 23.2 Å². The van der Waals surface area contributed by atoms with E-state index in [2.05, 4.69) is 17.2 Å². The number of nitrogens with zero attached hydrogens (tertiary/aromatic N) is 1. The summed E-state index contributed by atoms with van der Waals surface area (Å²) in [6, 6.07) is 2.16. The average Bonchev–Trinajstić information content (AvgIpc) is 2.32. The van der Waals surface area contributed by atoms with Crippen LogP contribution in [0.2, 0.25) is 10.0 Å². The molecule has 1 aromatic rings. The van der Waals surface area contributed by atoms with Crippen molar-refractivity contribution < 1.29 is 9.72 Å². The molecule has 0 saturated carbocycles. The fraction of sp³-hybridized carbons (Fsp3) is 0.182. The van der Waals surface area contributed by atoms with Gasteiger partial charge in [0.2, 0.25) is 0 Å². The Labute approximate surface area is 113 Å². The first kappa shape index (κ1) is 14.3. The van der Waals surface area contributed by atoms with Crippen molar-refractivity contribution in [3.8, 4) is 11.8 Å². The minimum absolute atomic E-state index is 0.0239. The number of rotatable bonds is 3. The van der Waals surface area contributed by atoms with Crippen LogP contribution in [0, 0.1) is 22.0 Å². The monoisotopic (exact) mass is 286 g/mol. The van der Waals surface area contributed by atoms with Gasteiger partial charge < -0.3 is 5.32 Å². The highest BCUT2D eigenvalue weighted by Gasteiger charge is 2.18. The summed E-state index contributed by atoms with van der Waals surface area (Å²) in [5.74, 6) is 4.66. The van der Waals surface area contributed by atoms with Crippen molar-refractivity contribution in [2.24, 2.45) is 0 Å². The summed E-state index contributed by atoms with van der Waals surface area (Å²) >= 11 is 11.6. The number of nitrogens with one attached hydrogen (secondary N) is 1. The Morgan fingerprint density at radius 2 is 2.17 bits per heavy atom. The lowest BCUT2D eigenvalue weighted by molar-refractivity contribution is -0.384. The molecule has 0 spiro atoms. The normalized spacial score (nSPS) is 9.28. The lowest BCUT2D eigenvalue weighted by Gasteiger charge is -2.05. The Morgan fingerprint density at radius 3 is 2.72 bits per heavy atom. The summed E-state index contributed by atoms with van der Waals surface area (Å²) in [5.41, 5.74) is -0.343. The maximum absolute atomic E-state index is 11.7. The highest BCUT2D eigenvalue weighted by atomic mass is 35.5. The van der Waals surface area contributed by atoms with E-state index in [-0.39, 0.29) is 27.8 Å². The fourth-order valence-electron chi connectivity index (χ4n) is 1.15. The molecule has 0 radical (unpaired) electrons. The molecule has 1 aromatic carbocycles. The van der Waals surface area contributed by atoms with E-state index in [9.17, 15) is 14.9 Å². The van der Waals surface area contributed by atoms with Gasteiger partial charge in [0, 0.05) is 12.1 Å². The Morgan fingerprint density at radius 1 is 1.50 bits per heavy atom. The van der Waals surface area contributed by atoms with Gasteiger partial charge in [-0.1, -0.05) is 29.1 Å². The number of hydrogen-bond acceptors (Lipinski definition) is 3. The van der Waals surface area contributed by atoms with Crippen LogP contribution in [0.3, 0.4) is 0 Å². The van der Waals surface area contributed by atoms with Gasteiger partial charge in [0.15, 0.2) is 0 Å². The summed E-state index contributed by atoms with van der Waals surface area (Å²) in [4.78, 5) is 21.7. The Hall–Kier alpha value is -1.77. The molecule has 1 amide bonds. The molecule has 0 aliphatic rings. The second-order valence-corrected chi connectivity index (χ2v) is 3.94. The average molecular weight is 287 g/mol. The Bertz CT molecular complexity index is 561. The minimum Gasteiger partial charge on any atom is -0.341 e. The van der Waals surface area contributed by atoms with Gasteiger partial charge in [-0.3, -0.25) is 14.9 Å². The molecule has 0 heterocycles. The van der Waals surface area contributed by atoms with Gasteiger partial charge in [0.1, 0.15) is 0 Å². The third-order valence-electron chi connectivity index (χ3n) is 1.98. The summed E-state index contributed by atoms with van der Waals surface area (Å²) in [6.07, 6.45) is 0. The topological polar surface area (TPSA) is 72.2 Å². The van der Waals surface area contributed by atoms with Crippen LogP contribution in [-0.2, 0) is 0 Å². The van der Waals surface area contributed by atoms with E-state index in [0.29, 0.717) is 0 Å². The summed E-state index contributed by atoms with van der Waals surface area (Å²) < 4.78 is 0. The van der Waals surface area contributed by atoms with E-state index >= 15 is 0 Å². The molecule has 0 aliphatic heterocycles. The zero-order valence-corrected chi connectivity index (χ0v) is 10.8. The Balaban J connectivity index is 3.09. The number of nitro groups is 1. The predicted molar refractivity (Wildman–Crippen MR) is 68.9 cm³/mol. The number of carbonyl (C=O) groups excluding carboxylic acids is 1. The van der Waals surface area contributed by atoms with Crippen molar-refractivity contribution in [2.75, 3.05) is 6.54 Å². The molecule has 7 heteroatoms. The number of nitro benzene ring substituents is 1. The van der Waals surface area contributed by atoms with Crippen LogP contribution < -0.4 is 5.32 Å². The van der Waals surface area contributed by atoms with Crippen LogP contribution in [0.5, 0.6) is 0 Å². The molecule has 1 N–H and O–H groups in total. The van der Waals surface area contributed by atoms with Crippen molar-refractivity contribution in [3.05, 3.63) is 37.9 Å². The molecule has 0 aliphatic carbocycles. The molecule has 0 unspecified atom stereocenters. The third-order valence-corrected chi connectivity index (χ3v) is 2.78. The standard InChI is InChI=1S/C11H8Cl2N2O3/c1-2-3-4-14-11(16)8-5-7(15(17)18)6-9(12)10(8)13/h5-6H,4H2,1H3,(H,14,16). The highest BCUT2D eigenvalue weighted by Crippen LogP contribution is 2.30. The van der Waals surface area contributed by atoms with E-state index < -0.39 is 10.8 Å². The predicted octanol–water partition coefficient (Wildman–Crippen LogP) is 2.65. The number of carbonyl (C=O) groups is 1. The van der Waals surface area contributed by atoms with Crippen LogP contribution in [0.4, 0.5) is 5.69 Å². The number of benzene rings is 1. The Kier molecular flexibility index (Phi) is 4.95. The first-order chi connectivity index (χ1) is 8.47. The van der Waals surface area contributed by atoms with Crippen molar-refractivity contribution in [1.82, 2.24) is 5.32 Å². The molecule has 0 fully saturated rings. The molecule has 18 heavy (non-hydrogen) atoms. The summed E-state index contributed by atoms with van der Waals surface area (Å²) in [7, 11) is 0. The number of hydrogen-bond donors (Lipinski definition) is 1. The van der Waals surface area contributed by atoms with Crippen LogP contribution in [0.1, 0.15) is 17.3 Å². The molecule has 0 atom stereocenters. The van der Waals surface area contributed by atoms with Gasteiger partial charge in [-0.05, 0) is 6.92 Å². The maximum Gasteiger partial charge on any atom is 0.271 e. The first-order valence-electron chi connectivity index (χ1n) is 4.78. The van der Waals surface area contributed by atoms with Crippen LogP contribution in [0.25, 0.3) is 0 Å². The van der Waals surface area contributed by atoms with Crippen molar-refractivity contribution in [3.63, 3.8) is 0 Å². The molecule has 0 aromatic heterocycles. The molecule has 0 saturated heterocycles. The van der Waals surface area contributed by atoms with E-state index in [1.807, 2.05) is 0 Å². The van der Waals surface area contributed by atoms with Gasteiger partial charge in [-0.2, -0.15) is 0 Å². The largest absolute Gasteiger partial charge is 0.341 e. The molecule has 94 valence electrons. The highest BCUT2D eigenvalue weighted by molar-refractivity contribution is 6.44. The van der Waals surface area contributed by atoms with Crippen LogP contribution >= 0.6 is 23.2 Å². The fourth-order valence-corrected chi connectivity index (χ4v) is 1.56. The SMILES string of the molecule is CC#CCNC(=O)c1cc([N+](=O)[O-])cc(Cl)c1Cl. The zero-order chi connectivity index (χ0) is 13.7. The van der Waals surface area contributed by atoms with Gasteiger partial charge in [0.05, 0.1) is 27.1 Å². The minimum atomic E-state index is -0.648. The lowest BCUT2D eigenvalue weighted by atomic mass is 10.2. The number of non-ortho nitro benzene ring substituents is 1. The quantitative estimate of drug-likeness (QED) is 0.527. The van der Waals surface area contributed by atoms with Crippen LogP contribution in [0.15, 0.2) is 12.1 Å². The molecular weight excluding hydrogens is 279 g/mol. The molecule has 1 rings (SSSR count). The van der Waals surface area contributed by atoms with E-state index in [1.165, 1.54) is 0 Å². The second kappa shape index (κ2) is 6.24. The van der Waals surface area contributed by atoms with Gasteiger partial charge in [-0.15, -0.1) is 5.92 Å². The summed E-state index contributed by atoms with van der Waals surface area (Å²) in [5, 5.41) is 13.0. The lowest BCUT2D eigenvalue weighted by Crippen LogP contribution is -2.24. The van der Waals surface area contributed by atoms with Crippen molar-refractivity contribution in [2.45, 2.75) is 6.92 Å². The van der Waals surface area contributed by atoms with Crippen LogP contribution in [-0.4, -0.2) is 17.4 Å².